The lowest BCUT2D eigenvalue weighted by molar-refractivity contribution is 0.699. The predicted molar refractivity (Wildman–Crippen MR) is 45.5 cm³/mol. The van der Waals surface area contributed by atoms with E-state index in [9.17, 15) is 4.79 Å². The van der Waals surface area contributed by atoms with Gasteiger partial charge in [-0.05, 0) is 6.92 Å². The molecule has 0 aliphatic rings. The highest BCUT2D eigenvalue weighted by Crippen LogP contribution is 1.92. The summed E-state index contributed by atoms with van der Waals surface area (Å²) in [5, 5.41) is 1.91. The summed E-state index contributed by atoms with van der Waals surface area (Å²) < 4.78 is 1.90. The molecule has 0 fully saturated rings. The Morgan fingerprint density at radius 3 is 2.55 bits per heavy atom. The standard InChI is InChI=1S/C8H12N2O/c1-7-6-8(11)4-5-10(7)9(2)3/h4-6H,1-3H3. The molecule has 0 N–H and O–H groups in total. The molecule has 0 unspecified atom stereocenters. The van der Waals surface area contributed by atoms with Crippen LogP contribution in [0.25, 0.3) is 0 Å². The Balaban J connectivity index is 3.20. The fourth-order valence-corrected chi connectivity index (χ4v) is 1.03. The van der Waals surface area contributed by atoms with E-state index in [1.165, 1.54) is 0 Å². The number of pyridine rings is 1. The summed E-state index contributed by atoms with van der Waals surface area (Å²) in [5.41, 5.74) is 1.00. The van der Waals surface area contributed by atoms with Crippen LogP contribution in [0.4, 0.5) is 0 Å². The molecule has 0 amide bonds. The Labute approximate surface area is 65.8 Å². The summed E-state index contributed by atoms with van der Waals surface area (Å²) in [7, 11) is 3.86. The molecule has 0 radical (unpaired) electrons. The number of hydrogen-bond donors (Lipinski definition) is 0. The van der Waals surface area contributed by atoms with Gasteiger partial charge in [-0.25, -0.2) is 0 Å². The molecule has 1 rings (SSSR count). The maximum atomic E-state index is 10.8. The van der Waals surface area contributed by atoms with Gasteiger partial charge in [0.15, 0.2) is 5.43 Å². The first-order chi connectivity index (χ1) is 5.11. The van der Waals surface area contributed by atoms with E-state index in [0.717, 1.165) is 5.69 Å². The van der Waals surface area contributed by atoms with Crippen molar-refractivity contribution >= 4 is 0 Å². The van der Waals surface area contributed by atoms with Gasteiger partial charge in [0.2, 0.25) is 0 Å². The van der Waals surface area contributed by atoms with Crippen LogP contribution >= 0.6 is 0 Å². The van der Waals surface area contributed by atoms with E-state index < -0.39 is 0 Å². The molecule has 0 aliphatic heterocycles. The van der Waals surface area contributed by atoms with Crippen LogP contribution in [0.2, 0.25) is 0 Å². The third-order valence-corrected chi connectivity index (χ3v) is 1.52. The van der Waals surface area contributed by atoms with Gasteiger partial charge in [-0.3, -0.25) is 9.47 Å². The minimum absolute atomic E-state index is 0.0561. The van der Waals surface area contributed by atoms with Gasteiger partial charge in [0, 0.05) is 38.1 Å². The van der Waals surface area contributed by atoms with Gasteiger partial charge < -0.3 is 5.01 Å². The van der Waals surface area contributed by atoms with Gasteiger partial charge in [-0.1, -0.05) is 0 Å². The number of hydrogen-bond acceptors (Lipinski definition) is 2. The van der Waals surface area contributed by atoms with E-state index >= 15 is 0 Å². The molecular formula is C8H12N2O. The summed E-state index contributed by atoms with van der Waals surface area (Å²) >= 11 is 0. The van der Waals surface area contributed by atoms with Crippen molar-refractivity contribution in [3.63, 3.8) is 0 Å². The minimum atomic E-state index is 0.0561. The SMILES string of the molecule is Cc1cc(=O)ccn1N(C)C. The maximum Gasteiger partial charge on any atom is 0.181 e. The van der Waals surface area contributed by atoms with Crippen LogP contribution in [-0.4, -0.2) is 18.8 Å². The third kappa shape index (κ3) is 1.61. The van der Waals surface area contributed by atoms with E-state index in [1.807, 2.05) is 30.7 Å². The zero-order chi connectivity index (χ0) is 8.43. The molecular weight excluding hydrogens is 140 g/mol. The van der Waals surface area contributed by atoms with Crippen molar-refractivity contribution in [3.05, 3.63) is 34.2 Å². The first kappa shape index (κ1) is 7.85. The van der Waals surface area contributed by atoms with E-state index in [4.69, 9.17) is 0 Å². The van der Waals surface area contributed by atoms with Crippen molar-refractivity contribution in [1.82, 2.24) is 4.68 Å². The monoisotopic (exact) mass is 152 g/mol. The topological polar surface area (TPSA) is 25.2 Å². The van der Waals surface area contributed by atoms with Crippen molar-refractivity contribution < 1.29 is 0 Å². The quantitative estimate of drug-likeness (QED) is 0.580. The highest BCUT2D eigenvalue weighted by Gasteiger charge is 1.94. The second kappa shape index (κ2) is 2.78. The van der Waals surface area contributed by atoms with Gasteiger partial charge >= 0.3 is 0 Å². The third-order valence-electron chi connectivity index (χ3n) is 1.52. The average Bonchev–Trinajstić information content (AvgIpc) is 1.85. The minimum Gasteiger partial charge on any atom is -0.319 e. The molecule has 1 aromatic rings. The molecule has 0 atom stereocenters. The Kier molecular flexibility index (Phi) is 1.98. The summed E-state index contributed by atoms with van der Waals surface area (Å²) in [6.07, 6.45) is 1.76. The zero-order valence-corrected chi connectivity index (χ0v) is 7.03. The molecule has 0 saturated carbocycles. The van der Waals surface area contributed by atoms with E-state index in [1.54, 1.807) is 18.3 Å². The van der Waals surface area contributed by atoms with Gasteiger partial charge in [0.25, 0.3) is 0 Å². The summed E-state index contributed by atoms with van der Waals surface area (Å²) in [6.45, 7) is 1.90. The number of nitrogens with zero attached hydrogens (tertiary/aromatic N) is 2. The lowest BCUT2D eigenvalue weighted by Crippen LogP contribution is -2.27. The van der Waals surface area contributed by atoms with Crippen LogP contribution in [0.3, 0.4) is 0 Å². The molecule has 1 aromatic heterocycles. The van der Waals surface area contributed by atoms with Crippen molar-refractivity contribution in [1.29, 1.82) is 0 Å². The van der Waals surface area contributed by atoms with Crippen molar-refractivity contribution in [3.8, 4) is 0 Å². The van der Waals surface area contributed by atoms with Gasteiger partial charge in [0.05, 0.1) is 0 Å². The molecule has 60 valence electrons. The van der Waals surface area contributed by atoms with Crippen LogP contribution in [0.5, 0.6) is 0 Å². The molecule has 0 aliphatic carbocycles. The van der Waals surface area contributed by atoms with E-state index in [0.29, 0.717) is 0 Å². The molecule has 0 aromatic carbocycles. The molecule has 3 nitrogen and oxygen atoms in total. The van der Waals surface area contributed by atoms with Crippen molar-refractivity contribution in [2.45, 2.75) is 6.92 Å². The summed E-state index contributed by atoms with van der Waals surface area (Å²) in [4.78, 5) is 10.8. The van der Waals surface area contributed by atoms with Crippen molar-refractivity contribution in [2.24, 2.45) is 0 Å². The van der Waals surface area contributed by atoms with E-state index in [-0.39, 0.29) is 5.43 Å². The first-order valence-corrected chi connectivity index (χ1v) is 3.48. The van der Waals surface area contributed by atoms with Crippen molar-refractivity contribution in [2.75, 3.05) is 19.1 Å². The number of aryl methyl sites for hydroxylation is 1. The Bertz CT molecular complexity index is 301. The second-order valence-electron chi connectivity index (χ2n) is 2.70. The van der Waals surface area contributed by atoms with E-state index in [2.05, 4.69) is 0 Å². The fourth-order valence-electron chi connectivity index (χ4n) is 1.03. The van der Waals surface area contributed by atoms with Gasteiger partial charge in [0.1, 0.15) is 0 Å². The van der Waals surface area contributed by atoms with Crippen LogP contribution < -0.4 is 10.4 Å². The molecule has 0 saturated heterocycles. The Hall–Kier alpha value is -1.25. The second-order valence-corrected chi connectivity index (χ2v) is 2.70. The Morgan fingerprint density at radius 1 is 1.45 bits per heavy atom. The first-order valence-electron chi connectivity index (χ1n) is 3.48. The highest BCUT2D eigenvalue weighted by molar-refractivity contribution is 5.06. The number of rotatable bonds is 1. The summed E-state index contributed by atoms with van der Waals surface area (Å²) in [6, 6.07) is 3.16. The van der Waals surface area contributed by atoms with Crippen LogP contribution in [-0.2, 0) is 0 Å². The van der Waals surface area contributed by atoms with Gasteiger partial charge in [-0.15, -0.1) is 0 Å². The molecule has 0 spiro atoms. The van der Waals surface area contributed by atoms with Gasteiger partial charge in [-0.2, -0.15) is 0 Å². The normalized spacial score (nSPS) is 9.73. The largest absolute Gasteiger partial charge is 0.319 e. The molecule has 1 heterocycles. The molecule has 3 heteroatoms. The predicted octanol–water partition coefficient (Wildman–Crippen LogP) is 0.354. The lowest BCUT2D eigenvalue weighted by atomic mass is 10.4. The van der Waals surface area contributed by atoms with Crippen LogP contribution in [0.15, 0.2) is 23.1 Å². The Morgan fingerprint density at radius 2 is 2.09 bits per heavy atom. The lowest BCUT2D eigenvalue weighted by Gasteiger charge is -2.18. The molecule has 0 bridgehead atoms. The van der Waals surface area contributed by atoms with Crippen LogP contribution in [0.1, 0.15) is 5.69 Å². The van der Waals surface area contributed by atoms with Crippen LogP contribution in [0, 0.1) is 6.92 Å². The maximum absolute atomic E-state index is 10.8. The highest BCUT2D eigenvalue weighted by atomic mass is 16.1. The fraction of sp³-hybridized carbons (Fsp3) is 0.375. The molecule has 11 heavy (non-hydrogen) atoms. The number of aromatic nitrogens is 1. The summed E-state index contributed by atoms with van der Waals surface area (Å²) in [5.74, 6) is 0. The zero-order valence-electron chi connectivity index (χ0n) is 7.03. The average molecular weight is 152 g/mol. The smallest absolute Gasteiger partial charge is 0.181 e.